The van der Waals surface area contributed by atoms with Crippen LogP contribution in [0.15, 0.2) is 48.5 Å². The summed E-state index contributed by atoms with van der Waals surface area (Å²) in [4.78, 5) is 0. The van der Waals surface area contributed by atoms with E-state index in [4.69, 9.17) is 10.5 Å². The highest BCUT2D eigenvalue weighted by atomic mass is 14.9. The van der Waals surface area contributed by atoms with Crippen LogP contribution < -0.4 is 5.32 Å². The molecule has 0 saturated heterocycles. The molecule has 3 nitrogen and oxygen atoms in total. The number of hydrogen-bond donors (Lipinski definition) is 1. The summed E-state index contributed by atoms with van der Waals surface area (Å²) in [6, 6.07) is 19.9. The highest BCUT2D eigenvalue weighted by Gasteiger charge is 2.18. The van der Waals surface area contributed by atoms with Crippen LogP contribution in [-0.2, 0) is 12.0 Å². The first kappa shape index (κ1) is 14.6. The van der Waals surface area contributed by atoms with Gasteiger partial charge in [-0.15, -0.1) is 0 Å². The molecule has 0 atom stereocenters. The van der Waals surface area contributed by atoms with E-state index in [0.29, 0.717) is 12.1 Å². The molecule has 0 saturated carbocycles. The van der Waals surface area contributed by atoms with E-state index in [1.807, 2.05) is 62.4 Å². The Morgan fingerprint density at radius 1 is 1.00 bits per heavy atom. The molecular weight excluding hydrogens is 258 g/mol. The molecule has 0 unspecified atom stereocenters. The number of rotatable bonds is 4. The van der Waals surface area contributed by atoms with Crippen molar-refractivity contribution in [3.8, 4) is 12.1 Å². The Bertz CT molecular complexity index is 700. The fourth-order valence-electron chi connectivity index (χ4n) is 2.05. The average Bonchev–Trinajstić information content (AvgIpc) is 2.53. The van der Waals surface area contributed by atoms with E-state index in [1.165, 1.54) is 0 Å². The van der Waals surface area contributed by atoms with Crippen molar-refractivity contribution < 1.29 is 0 Å². The fourth-order valence-corrected chi connectivity index (χ4v) is 2.05. The summed E-state index contributed by atoms with van der Waals surface area (Å²) in [5, 5.41) is 21.5. The monoisotopic (exact) mass is 275 g/mol. The number of nitrogens with one attached hydrogen (secondary N) is 1. The molecule has 0 aliphatic rings. The Balaban J connectivity index is 2.09. The van der Waals surface area contributed by atoms with Gasteiger partial charge in [0.15, 0.2) is 0 Å². The molecule has 0 heterocycles. The van der Waals surface area contributed by atoms with Crippen molar-refractivity contribution >= 4 is 5.69 Å². The van der Waals surface area contributed by atoms with Crippen molar-refractivity contribution in [1.29, 1.82) is 10.5 Å². The van der Waals surface area contributed by atoms with Gasteiger partial charge in [0.25, 0.3) is 0 Å². The molecule has 0 aliphatic heterocycles. The quantitative estimate of drug-likeness (QED) is 0.918. The minimum atomic E-state index is -0.480. The zero-order chi connectivity index (χ0) is 15.3. The van der Waals surface area contributed by atoms with Gasteiger partial charge < -0.3 is 5.32 Å². The van der Waals surface area contributed by atoms with Crippen molar-refractivity contribution in [2.75, 3.05) is 5.32 Å². The van der Waals surface area contributed by atoms with Gasteiger partial charge in [0.1, 0.15) is 0 Å². The van der Waals surface area contributed by atoms with Gasteiger partial charge in [-0.3, -0.25) is 0 Å². The maximum absolute atomic E-state index is 9.13. The average molecular weight is 275 g/mol. The highest BCUT2D eigenvalue weighted by molar-refractivity contribution is 5.48. The van der Waals surface area contributed by atoms with Crippen molar-refractivity contribution in [2.45, 2.75) is 25.8 Å². The predicted octanol–water partition coefficient (Wildman–Crippen LogP) is 3.97. The van der Waals surface area contributed by atoms with E-state index in [0.717, 1.165) is 16.8 Å². The maximum atomic E-state index is 9.13. The van der Waals surface area contributed by atoms with E-state index in [2.05, 4.69) is 17.5 Å². The number of hydrogen-bond acceptors (Lipinski definition) is 3. The zero-order valence-corrected chi connectivity index (χ0v) is 12.2. The highest BCUT2D eigenvalue weighted by Crippen LogP contribution is 2.23. The lowest BCUT2D eigenvalue weighted by molar-refractivity contribution is 0.687. The summed E-state index contributed by atoms with van der Waals surface area (Å²) >= 11 is 0. The molecule has 0 bridgehead atoms. The summed E-state index contributed by atoms with van der Waals surface area (Å²) in [6.07, 6.45) is 0. The fraction of sp³-hybridized carbons (Fsp3) is 0.222. The Kier molecular flexibility index (Phi) is 4.26. The molecule has 104 valence electrons. The van der Waals surface area contributed by atoms with E-state index < -0.39 is 5.41 Å². The molecule has 2 rings (SSSR count). The van der Waals surface area contributed by atoms with Gasteiger partial charge >= 0.3 is 0 Å². The minimum absolute atomic E-state index is 0.480. The van der Waals surface area contributed by atoms with Crippen LogP contribution in [0.25, 0.3) is 0 Å². The number of anilines is 1. The second-order valence-electron chi connectivity index (χ2n) is 5.44. The van der Waals surface area contributed by atoms with Crippen LogP contribution in [0.1, 0.15) is 30.5 Å². The standard InChI is InChI=1S/C18H17N3/c1-18(2,13-20)16-7-9-17(10-8-16)21-12-15-6-4-3-5-14(15)11-19/h3-10,21H,12H2,1-2H3. The number of nitriles is 2. The van der Waals surface area contributed by atoms with E-state index in [1.54, 1.807) is 0 Å². The van der Waals surface area contributed by atoms with E-state index in [9.17, 15) is 0 Å². The van der Waals surface area contributed by atoms with Crippen LogP contribution in [0.3, 0.4) is 0 Å². The molecule has 0 amide bonds. The van der Waals surface area contributed by atoms with Gasteiger partial charge in [-0.25, -0.2) is 0 Å². The van der Waals surface area contributed by atoms with Gasteiger partial charge in [0, 0.05) is 12.2 Å². The molecular formula is C18H17N3. The van der Waals surface area contributed by atoms with Crippen LogP contribution in [0.5, 0.6) is 0 Å². The first-order chi connectivity index (χ1) is 10.1. The second-order valence-corrected chi connectivity index (χ2v) is 5.44. The summed E-state index contributed by atoms with van der Waals surface area (Å²) in [5.74, 6) is 0. The predicted molar refractivity (Wildman–Crippen MR) is 83.6 cm³/mol. The number of benzene rings is 2. The Labute approximate surface area is 125 Å². The molecule has 2 aromatic carbocycles. The lowest BCUT2D eigenvalue weighted by atomic mass is 9.86. The largest absolute Gasteiger partial charge is 0.381 e. The Morgan fingerprint density at radius 3 is 2.29 bits per heavy atom. The van der Waals surface area contributed by atoms with E-state index in [-0.39, 0.29) is 0 Å². The van der Waals surface area contributed by atoms with Crippen LogP contribution in [0, 0.1) is 22.7 Å². The minimum Gasteiger partial charge on any atom is -0.381 e. The van der Waals surface area contributed by atoms with Gasteiger partial charge in [-0.05, 0) is 43.2 Å². The van der Waals surface area contributed by atoms with Crippen molar-refractivity contribution in [2.24, 2.45) is 0 Å². The van der Waals surface area contributed by atoms with Gasteiger partial charge in [-0.2, -0.15) is 10.5 Å². The normalized spacial score (nSPS) is 10.5. The third-order valence-electron chi connectivity index (χ3n) is 3.51. The maximum Gasteiger partial charge on any atom is 0.0995 e. The molecule has 1 N–H and O–H groups in total. The van der Waals surface area contributed by atoms with Gasteiger partial charge in [0.05, 0.1) is 23.1 Å². The third kappa shape index (κ3) is 3.41. The summed E-state index contributed by atoms with van der Waals surface area (Å²) in [6.45, 7) is 4.40. The van der Waals surface area contributed by atoms with Crippen LogP contribution in [-0.4, -0.2) is 0 Å². The summed E-state index contributed by atoms with van der Waals surface area (Å²) in [7, 11) is 0. The van der Waals surface area contributed by atoms with Crippen LogP contribution in [0.2, 0.25) is 0 Å². The van der Waals surface area contributed by atoms with Crippen molar-refractivity contribution in [3.63, 3.8) is 0 Å². The first-order valence-electron chi connectivity index (χ1n) is 6.80. The molecule has 0 spiro atoms. The molecule has 0 aromatic heterocycles. The molecule has 2 aromatic rings. The van der Waals surface area contributed by atoms with Crippen LogP contribution in [0.4, 0.5) is 5.69 Å². The Morgan fingerprint density at radius 2 is 1.67 bits per heavy atom. The van der Waals surface area contributed by atoms with Crippen LogP contribution >= 0.6 is 0 Å². The topological polar surface area (TPSA) is 59.6 Å². The lowest BCUT2D eigenvalue weighted by Gasteiger charge is -2.16. The second kappa shape index (κ2) is 6.11. The van der Waals surface area contributed by atoms with Crippen molar-refractivity contribution in [3.05, 3.63) is 65.2 Å². The van der Waals surface area contributed by atoms with E-state index >= 15 is 0 Å². The molecule has 21 heavy (non-hydrogen) atoms. The molecule has 3 heteroatoms. The van der Waals surface area contributed by atoms with Crippen molar-refractivity contribution in [1.82, 2.24) is 0 Å². The smallest absolute Gasteiger partial charge is 0.0995 e. The molecule has 0 aliphatic carbocycles. The third-order valence-corrected chi connectivity index (χ3v) is 3.51. The SMILES string of the molecule is CC(C)(C#N)c1ccc(NCc2ccccc2C#N)cc1. The Hall–Kier alpha value is -2.78. The molecule has 0 fully saturated rings. The summed E-state index contributed by atoms with van der Waals surface area (Å²) < 4.78 is 0. The van der Waals surface area contributed by atoms with Gasteiger partial charge in [0.2, 0.25) is 0 Å². The first-order valence-corrected chi connectivity index (χ1v) is 6.80. The zero-order valence-electron chi connectivity index (χ0n) is 12.2. The summed E-state index contributed by atoms with van der Waals surface area (Å²) in [5.41, 5.74) is 3.15. The molecule has 0 radical (unpaired) electrons. The van der Waals surface area contributed by atoms with Gasteiger partial charge in [-0.1, -0.05) is 30.3 Å². The number of nitrogens with zero attached hydrogens (tertiary/aromatic N) is 2. The lowest BCUT2D eigenvalue weighted by Crippen LogP contribution is -2.13.